The van der Waals surface area contributed by atoms with E-state index in [4.69, 9.17) is 5.11 Å². The Kier molecular flexibility index (Phi) is 4.16. The Hall–Kier alpha value is -1.72. The SMILES string of the molecule is CCC1CCC(C)N1c1ccc(C(=O)O)c(C(F)(F)F)c1. The molecule has 1 saturated heterocycles. The van der Waals surface area contributed by atoms with Crippen molar-refractivity contribution in [2.45, 2.75) is 51.4 Å². The summed E-state index contributed by atoms with van der Waals surface area (Å²) in [5.41, 5.74) is -1.34. The van der Waals surface area contributed by atoms with Crippen molar-refractivity contribution in [3.8, 4) is 0 Å². The molecule has 0 bridgehead atoms. The van der Waals surface area contributed by atoms with Crippen LogP contribution in [0.5, 0.6) is 0 Å². The average molecular weight is 301 g/mol. The topological polar surface area (TPSA) is 40.5 Å². The summed E-state index contributed by atoms with van der Waals surface area (Å²) in [6, 6.07) is 3.86. The largest absolute Gasteiger partial charge is 0.478 e. The fourth-order valence-corrected chi connectivity index (χ4v) is 3.05. The van der Waals surface area contributed by atoms with Crippen LogP contribution < -0.4 is 4.90 Å². The summed E-state index contributed by atoms with van der Waals surface area (Å²) in [4.78, 5) is 12.9. The molecule has 3 nitrogen and oxygen atoms in total. The van der Waals surface area contributed by atoms with E-state index < -0.39 is 23.3 Å². The maximum atomic E-state index is 13.1. The van der Waals surface area contributed by atoms with Gasteiger partial charge >= 0.3 is 12.1 Å². The van der Waals surface area contributed by atoms with Gasteiger partial charge in [0, 0.05) is 17.8 Å². The summed E-state index contributed by atoms with van der Waals surface area (Å²) < 4.78 is 39.2. The highest BCUT2D eigenvalue weighted by Crippen LogP contribution is 2.38. The van der Waals surface area contributed by atoms with Crippen molar-refractivity contribution >= 4 is 11.7 Å². The first-order chi connectivity index (χ1) is 9.75. The van der Waals surface area contributed by atoms with Crippen molar-refractivity contribution in [3.63, 3.8) is 0 Å². The van der Waals surface area contributed by atoms with Crippen LogP contribution in [-0.4, -0.2) is 23.2 Å². The van der Waals surface area contributed by atoms with Crippen LogP contribution in [0, 0.1) is 0 Å². The number of alkyl halides is 3. The molecule has 0 aliphatic carbocycles. The van der Waals surface area contributed by atoms with Gasteiger partial charge in [-0.2, -0.15) is 13.2 Å². The Morgan fingerprint density at radius 2 is 2.05 bits per heavy atom. The van der Waals surface area contributed by atoms with Gasteiger partial charge in [0.2, 0.25) is 0 Å². The van der Waals surface area contributed by atoms with Crippen molar-refractivity contribution in [2.75, 3.05) is 4.90 Å². The highest BCUT2D eigenvalue weighted by atomic mass is 19.4. The van der Waals surface area contributed by atoms with Gasteiger partial charge in [-0.25, -0.2) is 4.79 Å². The van der Waals surface area contributed by atoms with E-state index in [2.05, 4.69) is 0 Å². The van der Waals surface area contributed by atoms with Crippen molar-refractivity contribution in [3.05, 3.63) is 29.3 Å². The van der Waals surface area contributed by atoms with Crippen molar-refractivity contribution in [1.29, 1.82) is 0 Å². The number of halogens is 3. The molecular weight excluding hydrogens is 283 g/mol. The molecular formula is C15H18F3NO2. The number of carboxylic acid groups (broad SMARTS) is 1. The predicted molar refractivity (Wildman–Crippen MR) is 73.7 cm³/mol. The van der Waals surface area contributed by atoms with Gasteiger partial charge in [-0.15, -0.1) is 0 Å². The van der Waals surface area contributed by atoms with E-state index in [-0.39, 0.29) is 12.1 Å². The normalized spacial score (nSPS) is 22.6. The van der Waals surface area contributed by atoms with E-state index in [0.29, 0.717) is 5.69 Å². The number of rotatable bonds is 3. The zero-order valence-electron chi connectivity index (χ0n) is 11.9. The smallest absolute Gasteiger partial charge is 0.417 e. The third kappa shape index (κ3) is 2.99. The first kappa shape index (κ1) is 15.7. The standard InChI is InChI=1S/C15H18F3NO2/c1-3-10-5-4-9(2)19(10)11-6-7-12(14(20)21)13(8-11)15(16,17)18/h6-10H,3-5H2,1-2H3,(H,20,21). The van der Waals surface area contributed by atoms with Crippen molar-refractivity contribution in [2.24, 2.45) is 0 Å². The lowest BCUT2D eigenvalue weighted by molar-refractivity contribution is -0.138. The molecule has 0 saturated carbocycles. The third-order valence-electron chi connectivity index (χ3n) is 4.09. The Balaban J connectivity index is 2.49. The van der Waals surface area contributed by atoms with E-state index in [1.165, 1.54) is 6.07 Å². The fraction of sp³-hybridized carbons (Fsp3) is 0.533. The van der Waals surface area contributed by atoms with E-state index in [1.54, 1.807) is 0 Å². The second-order valence-corrected chi connectivity index (χ2v) is 5.43. The average Bonchev–Trinajstić information content (AvgIpc) is 2.78. The number of nitrogens with zero attached hydrogens (tertiary/aromatic N) is 1. The minimum absolute atomic E-state index is 0.159. The van der Waals surface area contributed by atoms with Gasteiger partial charge < -0.3 is 10.0 Å². The summed E-state index contributed by atoms with van der Waals surface area (Å²) in [7, 11) is 0. The molecule has 2 atom stereocenters. The van der Waals surface area contributed by atoms with Gasteiger partial charge in [0.25, 0.3) is 0 Å². The number of carboxylic acids is 1. The number of hydrogen-bond acceptors (Lipinski definition) is 2. The second-order valence-electron chi connectivity index (χ2n) is 5.43. The quantitative estimate of drug-likeness (QED) is 0.911. The third-order valence-corrected chi connectivity index (χ3v) is 4.09. The van der Waals surface area contributed by atoms with E-state index >= 15 is 0 Å². The van der Waals surface area contributed by atoms with Gasteiger partial charge in [-0.3, -0.25) is 0 Å². The van der Waals surface area contributed by atoms with E-state index in [9.17, 15) is 18.0 Å². The minimum Gasteiger partial charge on any atom is -0.478 e. The first-order valence-electron chi connectivity index (χ1n) is 6.98. The molecule has 1 heterocycles. The van der Waals surface area contributed by atoms with E-state index in [1.807, 2.05) is 18.7 Å². The molecule has 21 heavy (non-hydrogen) atoms. The van der Waals surface area contributed by atoms with Crippen LogP contribution in [-0.2, 0) is 6.18 Å². The second kappa shape index (κ2) is 5.58. The fourth-order valence-electron chi connectivity index (χ4n) is 3.05. The molecule has 2 rings (SSSR count). The molecule has 6 heteroatoms. The van der Waals surface area contributed by atoms with Crippen LogP contribution in [0.25, 0.3) is 0 Å². The Morgan fingerprint density at radius 1 is 1.38 bits per heavy atom. The minimum atomic E-state index is -4.67. The molecule has 1 aromatic rings. The van der Waals surface area contributed by atoms with Gasteiger partial charge in [0.1, 0.15) is 0 Å². The zero-order chi connectivity index (χ0) is 15.8. The van der Waals surface area contributed by atoms with Crippen LogP contribution in [0.4, 0.5) is 18.9 Å². The number of hydrogen-bond donors (Lipinski definition) is 1. The van der Waals surface area contributed by atoms with Gasteiger partial charge in [0.15, 0.2) is 0 Å². The van der Waals surface area contributed by atoms with Gasteiger partial charge in [0.05, 0.1) is 11.1 Å². The van der Waals surface area contributed by atoms with Crippen LogP contribution >= 0.6 is 0 Å². The van der Waals surface area contributed by atoms with Crippen LogP contribution in [0.1, 0.15) is 49.0 Å². The molecule has 1 N–H and O–H groups in total. The molecule has 1 aliphatic heterocycles. The number of aromatic carboxylic acids is 1. The lowest BCUT2D eigenvalue weighted by Crippen LogP contribution is -2.34. The summed E-state index contributed by atoms with van der Waals surface area (Å²) in [5, 5.41) is 8.92. The summed E-state index contributed by atoms with van der Waals surface area (Å²) >= 11 is 0. The van der Waals surface area contributed by atoms with Gasteiger partial charge in [-0.05, 0) is 44.4 Å². The first-order valence-corrected chi connectivity index (χ1v) is 6.98. The van der Waals surface area contributed by atoms with Crippen LogP contribution in [0.3, 0.4) is 0 Å². The molecule has 1 aliphatic rings. The molecule has 0 aromatic heterocycles. The monoisotopic (exact) mass is 301 g/mol. The molecule has 2 unspecified atom stereocenters. The van der Waals surface area contributed by atoms with Crippen molar-refractivity contribution in [1.82, 2.24) is 0 Å². The van der Waals surface area contributed by atoms with Crippen molar-refractivity contribution < 1.29 is 23.1 Å². The summed E-state index contributed by atoms with van der Waals surface area (Å²) in [5.74, 6) is -1.56. The predicted octanol–water partition coefficient (Wildman–Crippen LogP) is 4.17. The number of carbonyl (C=O) groups is 1. The number of benzene rings is 1. The lowest BCUT2D eigenvalue weighted by Gasteiger charge is -2.31. The lowest BCUT2D eigenvalue weighted by atomic mass is 10.0. The number of anilines is 1. The maximum Gasteiger partial charge on any atom is 0.417 e. The highest BCUT2D eigenvalue weighted by Gasteiger charge is 2.37. The molecule has 0 amide bonds. The maximum absolute atomic E-state index is 13.1. The molecule has 116 valence electrons. The molecule has 1 aromatic carbocycles. The van der Waals surface area contributed by atoms with Crippen LogP contribution in [0.2, 0.25) is 0 Å². The summed E-state index contributed by atoms with van der Waals surface area (Å²) in [6.45, 7) is 3.99. The highest BCUT2D eigenvalue weighted by molar-refractivity contribution is 5.90. The summed E-state index contributed by atoms with van der Waals surface area (Å²) in [6.07, 6.45) is -1.94. The van der Waals surface area contributed by atoms with E-state index in [0.717, 1.165) is 31.4 Å². The Labute approximate surface area is 121 Å². The molecule has 0 spiro atoms. The Morgan fingerprint density at radius 3 is 2.57 bits per heavy atom. The van der Waals surface area contributed by atoms with Crippen LogP contribution in [0.15, 0.2) is 18.2 Å². The molecule has 0 radical (unpaired) electrons. The Bertz CT molecular complexity index is 542. The molecule has 1 fully saturated rings. The van der Waals surface area contributed by atoms with Gasteiger partial charge in [-0.1, -0.05) is 6.92 Å². The zero-order valence-corrected chi connectivity index (χ0v) is 11.9.